The molecule has 1 unspecified atom stereocenters. The van der Waals surface area contributed by atoms with Crippen molar-refractivity contribution in [2.75, 3.05) is 23.9 Å². The quantitative estimate of drug-likeness (QED) is 0.405. The van der Waals surface area contributed by atoms with Gasteiger partial charge in [-0.05, 0) is 18.1 Å². The first-order valence-electron chi connectivity index (χ1n) is 4.54. The van der Waals surface area contributed by atoms with Crippen molar-refractivity contribution in [1.29, 1.82) is 0 Å². The zero-order chi connectivity index (χ0) is 10.4. The van der Waals surface area contributed by atoms with E-state index in [2.05, 4.69) is 15.7 Å². The number of aliphatic hydroxyl groups excluding tert-OH is 1. The lowest BCUT2D eigenvalue weighted by Gasteiger charge is -2.10. The van der Waals surface area contributed by atoms with E-state index in [0.29, 0.717) is 12.4 Å². The third-order valence-corrected chi connectivity index (χ3v) is 1.84. The predicted octanol–water partition coefficient (Wildman–Crippen LogP) is 0.407. The molecule has 14 heavy (non-hydrogen) atoms. The van der Waals surface area contributed by atoms with Crippen LogP contribution in [0.4, 0.5) is 11.6 Å². The van der Waals surface area contributed by atoms with Crippen LogP contribution in [0.2, 0.25) is 0 Å². The van der Waals surface area contributed by atoms with Gasteiger partial charge in [0, 0.05) is 13.2 Å². The number of nitrogens with one attached hydrogen (secondary N) is 2. The van der Waals surface area contributed by atoms with E-state index < -0.39 is 0 Å². The van der Waals surface area contributed by atoms with Gasteiger partial charge in [-0.15, -0.1) is 0 Å². The molecule has 0 saturated heterocycles. The lowest BCUT2D eigenvalue weighted by atomic mass is 10.2. The highest BCUT2D eigenvalue weighted by Crippen LogP contribution is 2.08. The van der Waals surface area contributed by atoms with E-state index in [1.807, 2.05) is 19.1 Å². The van der Waals surface area contributed by atoms with Gasteiger partial charge in [0.05, 0.1) is 0 Å². The van der Waals surface area contributed by atoms with E-state index in [9.17, 15) is 0 Å². The van der Waals surface area contributed by atoms with Crippen LogP contribution in [0.5, 0.6) is 0 Å². The first kappa shape index (κ1) is 10.7. The Morgan fingerprint density at radius 2 is 2.21 bits per heavy atom. The zero-order valence-corrected chi connectivity index (χ0v) is 8.20. The molecular weight excluding hydrogens is 180 g/mol. The average molecular weight is 196 g/mol. The molecule has 0 spiro atoms. The fourth-order valence-corrected chi connectivity index (χ4v) is 0.957. The fourth-order valence-electron chi connectivity index (χ4n) is 0.957. The molecule has 0 aliphatic heterocycles. The van der Waals surface area contributed by atoms with E-state index >= 15 is 0 Å². The first-order chi connectivity index (χ1) is 6.76. The number of rotatable bonds is 5. The van der Waals surface area contributed by atoms with Crippen LogP contribution in [-0.4, -0.2) is 23.2 Å². The lowest BCUT2D eigenvalue weighted by Crippen LogP contribution is -2.16. The number of pyridine rings is 1. The van der Waals surface area contributed by atoms with Crippen LogP contribution in [0.25, 0.3) is 0 Å². The van der Waals surface area contributed by atoms with Gasteiger partial charge < -0.3 is 15.8 Å². The van der Waals surface area contributed by atoms with Gasteiger partial charge in [0.1, 0.15) is 11.6 Å². The number of nitrogen functional groups attached to an aromatic ring is 1. The van der Waals surface area contributed by atoms with Crippen LogP contribution in [0.3, 0.4) is 0 Å². The van der Waals surface area contributed by atoms with Gasteiger partial charge in [-0.2, -0.15) is 0 Å². The van der Waals surface area contributed by atoms with Crippen molar-refractivity contribution < 1.29 is 5.11 Å². The summed E-state index contributed by atoms with van der Waals surface area (Å²) in [5.74, 6) is 6.80. The standard InChI is InChI=1S/C9H16N4O/c1-7(6-14)5-11-8-3-2-4-9(12-8)13-10/h2-4,7,14H,5-6,10H2,1H3,(H2,11,12,13). The van der Waals surface area contributed by atoms with Gasteiger partial charge in [-0.1, -0.05) is 13.0 Å². The van der Waals surface area contributed by atoms with Crippen LogP contribution >= 0.6 is 0 Å². The molecule has 0 radical (unpaired) electrons. The number of anilines is 2. The average Bonchev–Trinajstić information content (AvgIpc) is 2.26. The molecule has 0 aromatic carbocycles. The van der Waals surface area contributed by atoms with E-state index in [4.69, 9.17) is 10.9 Å². The third kappa shape index (κ3) is 3.20. The Labute approximate surface area is 83.3 Å². The molecule has 1 atom stereocenters. The second-order valence-electron chi connectivity index (χ2n) is 3.22. The molecule has 0 amide bonds. The minimum Gasteiger partial charge on any atom is -0.396 e. The van der Waals surface area contributed by atoms with Crippen LogP contribution in [0.15, 0.2) is 18.2 Å². The number of hydrogen-bond acceptors (Lipinski definition) is 5. The Morgan fingerprint density at radius 1 is 1.50 bits per heavy atom. The second-order valence-corrected chi connectivity index (χ2v) is 3.22. The van der Waals surface area contributed by atoms with Crippen molar-refractivity contribution in [2.45, 2.75) is 6.92 Å². The normalized spacial score (nSPS) is 12.2. The number of aromatic nitrogens is 1. The summed E-state index contributed by atoms with van der Waals surface area (Å²) in [6.07, 6.45) is 0. The molecule has 1 heterocycles. The Bertz CT molecular complexity index is 279. The van der Waals surface area contributed by atoms with Crippen LogP contribution in [-0.2, 0) is 0 Å². The smallest absolute Gasteiger partial charge is 0.142 e. The van der Waals surface area contributed by atoms with Crippen molar-refractivity contribution in [3.8, 4) is 0 Å². The summed E-state index contributed by atoms with van der Waals surface area (Å²) in [6.45, 7) is 2.82. The molecule has 0 saturated carbocycles. The van der Waals surface area contributed by atoms with Crippen LogP contribution < -0.4 is 16.6 Å². The highest BCUT2D eigenvalue weighted by atomic mass is 16.3. The number of hydrogen-bond donors (Lipinski definition) is 4. The van der Waals surface area contributed by atoms with Crippen molar-refractivity contribution in [2.24, 2.45) is 11.8 Å². The van der Waals surface area contributed by atoms with Gasteiger partial charge in [-0.25, -0.2) is 10.8 Å². The topological polar surface area (TPSA) is 83.2 Å². The zero-order valence-electron chi connectivity index (χ0n) is 8.20. The maximum atomic E-state index is 8.82. The summed E-state index contributed by atoms with van der Waals surface area (Å²) in [6, 6.07) is 5.49. The van der Waals surface area contributed by atoms with Gasteiger partial charge in [0.25, 0.3) is 0 Å². The van der Waals surface area contributed by atoms with Gasteiger partial charge in [0.2, 0.25) is 0 Å². The molecule has 5 heteroatoms. The van der Waals surface area contributed by atoms with Gasteiger partial charge >= 0.3 is 0 Å². The highest BCUT2D eigenvalue weighted by Gasteiger charge is 2.00. The number of hydrazine groups is 1. The fraction of sp³-hybridized carbons (Fsp3) is 0.444. The van der Waals surface area contributed by atoms with E-state index in [1.54, 1.807) is 6.07 Å². The molecule has 0 aliphatic carbocycles. The maximum absolute atomic E-state index is 8.82. The summed E-state index contributed by atoms with van der Waals surface area (Å²) in [4.78, 5) is 4.17. The molecule has 1 aromatic rings. The first-order valence-corrected chi connectivity index (χ1v) is 4.54. The molecule has 0 aliphatic rings. The molecule has 1 rings (SSSR count). The Hall–Kier alpha value is -1.33. The minimum absolute atomic E-state index is 0.168. The molecule has 1 aromatic heterocycles. The van der Waals surface area contributed by atoms with Crippen molar-refractivity contribution in [3.63, 3.8) is 0 Å². The van der Waals surface area contributed by atoms with Crippen LogP contribution in [0, 0.1) is 5.92 Å². The van der Waals surface area contributed by atoms with E-state index in [0.717, 1.165) is 5.82 Å². The van der Waals surface area contributed by atoms with E-state index in [-0.39, 0.29) is 12.5 Å². The Morgan fingerprint density at radius 3 is 2.86 bits per heavy atom. The van der Waals surface area contributed by atoms with Crippen LogP contribution in [0.1, 0.15) is 6.92 Å². The Kier molecular flexibility index (Phi) is 4.15. The van der Waals surface area contributed by atoms with Crippen molar-refractivity contribution >= 4 is 11.6 Å². The predicted molar refractivity (Wildman–Crippen MR) is 56.8 cm³/mol. The summed E-state index contributed by atoms with van der Waals surface area (Å²) < 4.78 is 0. The molecule has 0 bridgehead atoms. The molecular formula is C9H16N4O. The SMILES string of the molecule is CC(CO)CNc1cccc(NN)n1. The monoisotopic (exact) mass is 196 g/mol. The maximum Gasteiger partial charge on any atom is 0.142 e. The number of nitrogens with two attached hydrogens (primary N) is 1. The Balaban J connectivity index is 2.50. The summed E-state index contributed by atoms with van der Waals surface area (Å²) in [7, 11) is 0. The summed E-state index contributed by atoms with van der Waals surface area (Å²) in [5, 5.41) is 11.9. The van der Waals surface area contributed by atoms with Crippen molar-refractivity contribution in [1.82, 2.24) is 4.98 Å². The van der Waals surface area contributed by atoms with Gasteiger partial charge in [-0.3, -0.25) is 0 Å². The molecule has 5 N–H and O–H groups in total. The molecule has 5 nitrogen and oxygen atoms in total. The molecule has 0 fully saturated rings. The minimum atomic E-state index is 0.168. The van der Waals surface area contributed by atoms with E-state index in [1.165, 1.54) is 0 Å². The molecule has 78 valence electrons. The lowest BCUT2D eigenvalue weighted by molar-refractivity contribution is 0.244. The van der Waals surface area contributed by atoms with Gasteiger partial charge in [0.15, 0.2) is 0 Å². The highest BCUT2D eigenvalue weighted by molar-refractivity contribution is 5.44. The number of aliphatic hydroxyl groups is 1. The number of nitrogens with zero attached hydrogens (tertiary/aromatic N) is 1. The summed E-state index contributed by atoms with van der Waals surface area (Å²) in [5.41, 5.74) is 2.47. The largest absolute Gasteiger partial charge is 0.396 e. The third-order valence-electron chi connectivity index (χ3n) is 1.84. The second kappa shape index (κ2) is 5.41. The summed E-state index contributed by atoms with van der Waals surface area (Å²) >= 11 is 0. The van der Waals surface area contributed by atoms with Crippen molar-refractivity contribution in [3.05, 3.63) is 18.2 Å².